The summed E-state index contributed by atoms with van der Waals surface area (Å²) in [6, 6.07) is 4.41. The van der Waals surface area contributed by atoms with Crippen LogP contribution in [0.3, 0.4) is 0 Å². The van der Waals surface area contributed by atoms with Gasteiger partial charge in [0.25, 0.3) is 6.43 Å². The zero-order valence-electron chi connectivity index (χ0n) is 11.6. The number of hydrogen-bond acceptors (Lipinski definition) is 2. The molecule has 2 aromatic rings. The summed E-state index contributed by atoms with van der Waals surface area (Å²) in [6.45, 7) is -0.608. The molecule has 124 valence electrons. The van der Waals surface area contributed by atoms with Gasteiger partial charge in [0, 0.05) is 6.20 Å². The van der Waals surface area contributed by atoms with Crippen molar-refractivity contribution < 1.29 is 26.7 Å². The fraction of sp³-hybridized carbons (Fsp3) is 0.286. The van der Waals surface area contributed by atoms with Crippen molar-refractivity contribution in [1.82, 2.24) is 9.78 Å². The molecule has 0 unspecified atom stereocenters. The molecule has 0 saturated heterocycles. The number of rotatable bonds is 5. The lowest BCUT2D eigenvalue weighted by molar-refractivity contribution is -0.137. The minimum absolute atomic E-state index is 0.192. The first-order valence-corrected chi connectivity index (χ1v) is 6.50. The number of halogens is 5. The Bertz CT molecular complexity index is 681. The summed E-state index contributed by atoms with van der Waals surface area (Å²) in [6.07, 6.45) is -4.93. The minimum Gasteiger partial charge on any atom is -0.323 e. The quantitative estimate of drug-likeness (QED) is 0.853. The molecule has 1 N–H and O–H groups in total. The van der Waals surface area contributed by atoms with Crippen LogP contribution in [-0.2, 0) is 23.9 Å². The first-order chi connectivity index (χ1) is 10.7. The van der Waals surface area contributed by atoms with E-state index in [1.165, 1.54) is 24.5 Å². The standard InChI is InChI=1S/C14H12F5N3O/c15-12(16)8-22-7-11(6-20-22)21-13(23)5-9-2-1-3-10(4-9)14(17,18)19/h1-4,6-7,12H,5,8H2,(H,21,23). The highest BCUT2D eigenvalue weighted by Gasteiger charge is 2.30. The van der Waals surface area contributed by atoms with Gasteiger partial charge in [0.15, 0.2) is 0 Å². The van der Waals surface area contributed by atoms with E-state index in [0.717, 1.165) is 16.8 Å². The molecule has 0 fully saturated rings. The number of anilines is 1. The summed E-state index contributed by atoms with van der Waals surface area (Å²) in [5.41, 5.74) is -0.451. The Labute approximate surface area is 127 Å². The third kappa shape index (κ3) is 5.04. The predicted molar refractivity (Wildman–Crippen MR) is 72.0 cm³/mol. The molecular formula is C14H12F5N3O. The molecule has 1 aromatic heterocycles. The normalized spacial score (nSPS) is 11.7. The van der Waals surface area contributed by atoms with Gasteiger partial charge in [-0.05, 0) is 11.6 Å². The molecule has 1 heterocycles. The van der Waals surface area contributed by atoms with Crippen LogP contribution < -0.4 is 5.32 Å². The number of carbonyl (C=O) groups is 1. The summed E-state index contributed by atoms with van der Waals surface area (Å²) in [5.74, 6) is -0.569. The van der Waals surface area contributed by atoms with Crippen LogP contribution in [0.2, 0.25) is 0 Å². The highest BCUT2D eigenvalue weighted by Crippen LogP contribution is 2.29. The molecule has 1 amide bonds. The van der Waals surface area contributed by atoms with E-state index in [1.54, 1.807) is 0 Å². The number of nitrogens with zero attached hydrogens (tertiary/aromatic N) is 2. The maximum Gasteiger partial charge on any atom is 0.416 e. The number of alkyl halides is 5. The third-order valence-electron chi connectivity index (χ3n) is 2.86. The van der Waals surface area contributed by atoms with Crippen LogP contribution in [-0.4, -0.2) is 22.1 Å². The molecule has 0 radical (unpaired) electrons. The van der Waals surface area contributed by atoms with Gasteiger partial charge in [0.2, 0.25) is 5.91 Å². The van der Waals surface area contributed by atoms with Crippen LogP contribution in [0.4, 0.5) is 27.6 Å². The van der Waals surface area contributed by atoms with E-state index in [2.05, 4.69) is 10.4 Å². The maximum absolute atomic E-state index is 12.6. The Morgan fingerprint density at radius 1 is 1.30 bits per heavy atom. The van der Waals surface area contributed by atoms with Crippen LogP contribution in [0.5, 0.6) is 0 Å². The SMILES string of the molecule is O=C(Cc1cccc(C(F)(F)F)c1)Nc1cnn(CC(F)F)c1. The fourth-order valence-electron chi connectivity index (χ4n) is 1.92. The van der Waals surface area contributed by atoms with Crippen LogP contribution in [0.15, 0.2) is 36.7 Å². The summed E-state index contributed by atoms with van der Waals surface area (Å²) < 4.78 is 63.1. The van der Waals surface area contributed by atoms with Crippen molar-refractivity contribution in [1.29, 1.82) is 0 Å². The largest absolute Gasteiger partial charge is 0.416 e. The van der Waals surface area contributed by atoms with Crippen LogP contribution in [0.1, 0.15) is 11.1 Å². The Balaban J connectivity index is 1.98. The van der Waals surface area contributed by atoms with Gasteiger partial charge >= 0.3 is 6.18 Å². The summed E-state index contributed by atoms with van der Waals surface area (Å²) in [4.78, 5) is 11.8. The van der Waals surface area contributed by atoms with Gasteiger partial charge in [0.1, 0.15) is 6.54 Å². The summed E-state index contributed by atoms with van der Waals surface area (Å²) >= 11 is 0. The summed E-state index contributed by atoms with van der Waals surface area (Å²) in [5, 5.41) is 6.03. The van der Waals surface area contributed by atoms with E-state index >= 15 is 0 Å². The Kier molecular flexibility index (Phi) is 4.97. The molecule has 0 saturated carbocycles. The predicted octanol–water partition coefficient (Wildman–Crippen LogP) is 3.35. The van der Waals surface area contributed by atoms with Gasteiger partial charge < -0.3 is 5.32 Å². The van der Waals surface area contributed by atoms with Crippen LogP contribution in [0.25, 0.3) is 0 Å². The van der Waals surface area contributed by atoms with Crippen molar-refractivity contribution >= 4 is 11.6 Å². The molecule has 9 heteroatoms. The molecule has 0 aliphatic carbocycles. The fourth-order valence-corrected chi connectivity index (χ4v) is 1.92. The second kappa shape index (κ2) is 6.76. The Morgan fingerprint density at radius 2 is 2.04 bits per heavy atom. The molecule has 1 aromatic carbocycles. The number of benzene rings is 1. The van der Waals surface area contributed by atoms with Crippen molar-refractivity contribution in [2.75, 3.05) is 5.32 Å². The smallest absolute Gasteiger partial charge is 0.323 e. The minimum atomic E-state index is -4.48. The topological polar surface area (TPSA) is 46.9 Å². The summed E-state index contributed by atoms with van der Waals surface area (Å²) in [7, 11) is 0. The molecule has 2 rings (SSSR count). The zero-order chi connectivity index (χ0) is 17.0. The second-order valence-electron chi connectivity index (χ2n) is 4.77. The highest BCUT2D eigenvalue weighted by molar-refractivity contribution is 5.92. The van der Waals surface area contributed by atoms with E-state index in [4.69, 9.17) is 0 Å². The van der Waals surface area contributed by atoms with Gasteiger partial charge in [-0.3, -0.25) is 9.48 Å². The molecule has 0 bridgehead atoms. The molecule has 0 aliphatic rings. The molecule has 23 heavy (non-hydrogen) atoms. The molecule has 0 aliphatic heterocycles. The molecule has 0 spiro atoms. The first kappa shape index (κ1) is 16.9. The number of aromatic nitrogens is 2. The van der Waals surface area contributed by atoms with Crippen molar-refractivity contribution in [3.63, 3.8) is 0 Å². The van der Waals surface area contributed by atoms with Gasteiger partial charge in [-0.25, -0.2) is 8.78 Å². The van der Waals surface area contributed by atoms with Crippen LogP contribution in [0, 0.1) is 0 Å². The van der Waals surface area contributed by atoms with Crippen molar-refractivity contribution in [2.24, 2.45) is 0 Å². The lowest BCUT2D eigenvalue weighted by atomic mass is 10.1. The molecule has 4 nitrogen and oxygen atoms in total. The average Bonchev–Trinajstić information content (AvgIpc) is 2.84. The van der Waals surface area contributed by atoms with E-state index in [1.807, 2.05) is 0 Å². The van der Waals surface area contributed by atoms with E-state index in [9.17, 15) is 26.7 Å². The highest BCUT2D eigenvalue weighted by atomic mass is 19.4. The van der Waals surface area contributed by atoms with Crippen LogP contribution >= 0.6 is 0 Å². The number of carbonyl (C=O) groups excluding carboxylic acids is 1. The average molecular weight is 333 g/mol. The van der Waals surface area contributed by atoms with Gasteiger partial charge in [-0.2, -0.15) is 18.3 Å². The van der Waals surface area contributed by atoms with Gasteiger partial charge in [0.05, 0.1) is 23.9 Å². The maximum atomic E-state index is 12.6. The third-order valence-corrected chi connectivity index (χ3v) is 2.86. The van der Waals surface area contributed by atoms with Gasteiger partial charge in [-0.15, -0.1) is 0 Å². The van der Waals surface area contributed by atoms with Crippen molar-refractivity contribution in [2.45, 2.75) is 25.6 Å². The number of nitrogens with one attached hydrogen (secondary N) is 1. The Morgan fingerprint density at radius 3 is 2.70 bits per heavy atom. The number of amides is 1. The lowest BCUT2D eigenvalue weighted by Crippen LogP contribution is -2.15. The van der Waals surface area contributed by atoms with Crippen molar-refractivity contribution in [3.05, 3.63) is 47.8 Å². The zero-order valence-corrected chi connectivity index (χ0v) is 11.6. The first-order valence-electron chi connectivity index (χ1n) is 6.50. The Hall–Kier alpha value is -2.45. The van der Waals surface area contributed by atoms with Gasteiger partial charge in [-0.1, -0.05) is 18.2 Å². The van der Waals surface area contributed by atoms with E-state index in [-0.39, 0.29) is 17.7 Å². The van der Waals surface area contributed by atoms with E-state index in [0.29, 0.717) is 0 Å². The molecule has 0 atom stereocenters. The molecular weight excluding hydrogens is 321 g/mol. The second-order valence-corrected chi connectivity index (χ2v) is 4.77. The van der Waals surface area contributed by atoms with Crippen molar-refractivity contribution in [3.8, 4) is 0 Å². The lowest BCUT2D eigenvalue weighted by Gasteiger charge is -2.08. The van der Waals surface area contributed by atoms with E-state index < -0.39 is 30.6 Å². The monoisotopic (exact) mass is 333 g/mol. The number of hydrogen-bond donors (Lipinski definition) is 1.